The smallest absolute Gasteiger partial charge is 0.255 e. The maximum Gasteiger partial charge on any atom is 0.255 e. The van der Waals surface area contributed by atoms with Crippen molar-refractivity contribution in [2.75, 3.05) is 24.1 Å². The molecule has 6 heteroatoms. The molecule has 26 heavy (non-hydrogen) atoms. The second-order valence-electron chi connectivity index (χ2n) is 6.73. The van der Waals surface area contributed by atoms with Crippen LogP contribution < -0.4 is 16.8 Å². The van der Waals surface area contributed by atoms with Crippen LogP contribution >= 0.6 is 0 Å². The standard InChI is InChI=1S/C20H24N4O2/c21-17-5-2-4-16(12-17)20(26)23-18-6-1-3-14(11-18)13-24-9-7-15(8-10-24)19(22)25/h1-6,11-12,15H,7-10,13,21H2,(H2,22,25)(H,23,26). The van der Waals surface area contributed by atoms with Crippen molar-refractivity contribution in [1.29, 1.82) is 0 Å². The summed E-state index contributed by atoms with van der Waals surface area (Å²) in [4.78, 5) is 25.9. The lowest BCUT2D eigenvalue weighted by molar-refractivity contribution is -0.123. The van der Waals surface area contributed by atoms with Crippen LogP contribution in [-0.2, 0) is 11.3 Å². The number of likely N-dealkylation sites (tertiary alicyclic amines) is 1. The van der Waals surface area contributed by atoms with Crippen LogP contribution in [0.4, 0.5) is 11.4 Å². The number of hydrogen-bond donors (Lipinski definition) is 3. The third-order valence-corrected chi connectivity index (χ3v) is 4.73. The average Bonchev–Trinajstić information content (AvgIpc) is 2.62. The Labute approximate surface area is 153 Å². The van der Waals surface area contributed by atoms with Gasteiger partial charge >= 0.3 is 0 Å². The number of carbonyl (C=O) groups is 2. The maximum absolute atomic E-state index is 12.3. The number of anilines is 2. The van der Waals surface area contributed by atoms with Gasteiger partial charge in [0.2, 0.25) is 5.91 Å². The predicted molar refractivity (Wildman–Crippen MR) is 102 cm³/mol. The fourth-order valence-electron chi connectivity index (χ4n) is 3.26. The summed E-state index contributed by atoms with van der Waals surface area (Å²) in [5.74, 6) is -0.386. The van der Waals surface area contributed by atoms with E-state index >= 15 is 0 Å². The van der Waals surface area contributed by atoms with Crippen LogP contribution in [0.1, 0.15) is 28.8 Å². The van der Waals surface area contributed by atoms with E-state index in [1.54, 1.807) is 24.3 Å². The van der Waals surface area contributed by atoms with Crippen molar-refractivity contribution < 1.29 is 9.59 Å². The number of hydrogen-bond acceptors (Lipinski definition) is 4. The molecule has 0 spiro atoms. The van der Waals surface area contributed by atoms with Crippen molar-refractivity contribution in [2.24, 2.45) is 11.7 Å². The fourth-order valence-corrected chi connectivity index (χ4v) is 3.26. The molecule has 1 heterocycles. The summed E-state index contributed by atoms with van der Waals surface area (Å²) in [5.41, 5.74) is 14.1. The minimum Gasteiger partial charge on any atom is -0.399 e. The molecule has 1 fully saturated rings. The van der Waals surface area contributed by atoms with Crippen LogP contribution in [-0.4, -0.2) is 29.8 Å². The number of nitrogens with zero attached hydrogens (tertiary/aromatic N) is 1. The summed E-state index contributed by atoms with van der Waals surface area (Å²) in [6, 6.07) is 14.7. The Balaban J connectivity index is 1.60. The molecule has 0 saturated carbocycles. The molecule has 1 saturated heterocycles. The largest absolute Gasteiger partial charge is 0.399 e. The highest BCUT2D eigenvalue weighted by Gasteiger charge is 2.23. The Morgan fingerprint density at radius 1 is 1.08 bits per heavy atom. The monoisotopic (exact) mass is 352 g/mol. The van der Waals surface area contributed by atoms with Crippen LogP contribution in [0.3, 0.4) is 0 Å². The van der Waals surface area contributed by atoms with Crippen LogP contribution in [0.25, 0.3) is 0 Å². The van der Waals surface area contributed by atoms with E-state index in [0.717, 1.165) is 43.7 Å². The number of nitrogen functional groups attached to an aromatic ring is 1. The fraction of sp³-hybridized carbons (Fsp3) is 0.300. The van der Waals surface area contributed by atoms with Gasteiger partial charge < -0.3 is 16.8 Å². The summed E-state index contributed by atoms with van der Waals surface area (Å²) >= 11 is 0. The molecule has 1 aliphatic heterocycles. The van der Waals surface area contributed by atoms with Gasteiger partial charge in [-0.25, -0.2) is 0 Å². The highest BCUT2D eigenvalue weighted by molar-refractivity contribution is 6.04. The van der Waals surface area contributed by atoms with Gasteiger partial charge in [-0.3, -0.25) is 14.5 Å². The van der Waals surface area contributed by atoms with E-state index in [0.29, 0.717) is 11.3 Å². The molecule has 0 radical (unpaired) electrons. The number of carbonyl (C=O) groups excluding carboxylic acids is 2. The van der Waals surface area contributed by atoms with Crippen molar-refractivity contribution in [2.45, 2.75) is 19.4 Å². The lowest BCUT2D eigenvalue weighted by Crippen LogP contribution is -2.38. The van der Waals surface area contributed by atoms with Crippen molar-refractivity contribution >= 4 is 23.2 Å². The van der Waals surface area contributed by atoms with E-state index in [-0.39, 0.29) is 17.7 Å². The first-order chi connectivity index (χ1) is 12.5. The van der Waals surface area contributed by atoms with Crippen LogP contribution in [0.2, 0.25) is 0 Å². The van der Waals surface area contributed by atoms with E-state index < -0.39 is 0 Å². The number of rotatable bonds is 5. The molecular weight excluding hydrogens is 328 g/mol. The topological polar surface area (TPSA) is 101 Å². The zero-order valence-electron chi connectivity index (χ0n) is 14.7. The van der Waals surface area contributed by atoms with Crippen molar-refractivity contribution in [1.82, 2.24) is 4.90 Å². The van der Waals surface area contributed by atoms with Crippen molar-refractivity contribution in [3.63, 3.8) is 0 Å². The van der Waals surface area contributed by atoms with Gasteiger partial charge in [0.05, 0.1) is 0 Å². The highest BCUT2D eigenvalue weighted by Crippen LogP contribution is 2.20. The first-order valence-electron chi connectivity index (χ1n) is 8.79. The Morgan fingerprint density at radius 2 is 1.81 bits per heavy atom. The van der Waals surface area contributed by atoms with Gasteiger partial charge in [0.15, 0.2) is 0 Å². The van der Waals surface area contributed by atoms with Gasteiger partial charge in [-0.1, -0.05) is 18.2 Å². The van der Waals surface area contributed by atoms with Crippen molar-refractivity contribution in [3.8, 4) is 0 Å². The molecule has 2 aromatic rings. The number of benzene rings is 2. The quantitative estimate of drug-likeness (QED) is 0.718. The van der Waals surface area contributed by atoms with Crippen LogP contribution in [0.15, 0.2) is 48.5 Å². The average molecular weight is 352 g/mol. The van der Waals surface area contributed by atoms with E-state index in [1.165, 1.54) is 0 Å². The number of nitrogens with one attached hydrogen (secondary N) is 1. The first-order valence-corrected chi connectivity index (χ1v) is 8.79. The van der Waals surface area contributed by atoms with Gasteiger partial charge in [0, 0.05) is 29.4 Å². The lowest BCUT2D eigenvalue weighted by Gasteiger charge is -2.30. The Kier molecular flexibility index (Phi) is 5.53. The molecule has 2 amide bonds. The summed E-state index contributed by atoms with van der Waals surface area (Å²) < 4.78 is 0. The van der Waals surface area contributed by atoms with E-state index in [4.69, 9.17) is 11.5 Å². The van der Waals surface area contributed by atoms with Gasteiger partial charge in [0.1, 0.15) is 0 Å². The van der Waals surface area contributed by atoms with Crippen molar-refractivity contribution in [3.05, 3.63) is 59.7 Å². The van der Waals surface area contributed by atoms with Gasteiger partial charge in [-0.15, -0.1) is 0 Å². The zero-order chi connectivity index (χ0) is 18.5. The van der Waals surface area contributed by atoms with E-state index in [2.05, 4.69) is 10.2 Å². The molecule has 0 atom stereocenters. The summed E-state index contributed by atoms with van der Waals surface area (Å²) in [6.07, 6.45) is 1.61. The predicted octanol–water partition coefficient (Wildman–Crippen LogP) is 2.22. The van der Waals surface area contributed by atoms with Crippen LogP contribution in [0.5, 0.6) is 0 Å². The number of nitrogens with two attached hydrogens (primary N) is 2. The van der Waals surface area contributed by atoms with Crippen LogP contribution in [0, 0.1) is 5.92 Å². The lowest BCUT2D eigenvalue weighted by atomic mass is 9.96. The molecule has 6 nitrogen and oxygen atoms in total. The molecule has 0 aromatic heterocycles. The number of piperidine rings is 1. The highest BCUT2D eigenvalue weighted by atomic mass is 16.2. The molecule has 3 rings (SSSR count). The summed E-state index contributed by atoms with van der Waals surface area (Å²) in [6.45, 7) is 2.49. The van der Waals surface area contributed by atoms with Gasteiger partial charge in [-0.2, -0.15) is 0 Å². The molecular formula is C20H24N4O2. The first kappa shape index (κ1) is 17.9. The number of primary amides is 1. The SMILES string of the molecule is NC(=O)C1CCN(Cc2cccc(NC(=O)c3cccc(N)c3)c2)CC1. The maximum atomic E-state index is 12.3. The van der Waals surface area contributed by atoms with Gasteiger partial charge in [0.25, 0.3) is 5.91 Å². The summed E-state index contributed by atoms with van der Waals surface area (Å²) in [7, 11) is 0. The van der Waals surface area contributed by atoms with E-state index in [1.807, 2.05) is 24.3 Å². The molecule has 5 N–H and O–H groups in total. The number of amides is 2. The second-order valence-corrected chi connectivity index (χ2v) is 6.73. The third-order valence-electron chi connectivity index (χ3n) is 4.73. The third kappa shape index (κ3) is 4.61. The minimum atomic E-state index is -0.198. The minimum absolute atomic E-state index is 0.00446. The molecule has 136 valence electrons. The zero-order valence-corrected chi connectivity index (χ0v) is 14.7. The summed E-state index contributed by atoms with van der Waals surface area (Å²) in [5, 5.41) is 2.91. The molecule has 0 bridgehead atoms. The second kappa shape index (κ2) is 8.01. The molecule has 1 aliphatic rings. The Bertz CT molecular complexity index is 798. The normalized spacial score (nSPS) is 15.5. The Morgan fingerprint density at radius 3 is 2.50 bits per heavy atom. The molecule has 0 aliphatic carbocycles. The van der Waals surface area contributed by atoms with Gasteiger partial charge in [-0.05, 0) is 61.8 Å². The molecule has 2 aromatic carbocycles. The Hall–Kier alpha value is -2.86. The van der Waals surface area contributed by atoms with E-state index in [9.17, 15) is 9.59 Å². The molecule has 0 unspecified atom stereocenters.